The average Bonchev–Trinajstić information content (AvgIpc) is 1.35. The Morgan fingerprint density at radius 1 is 1.83 bits per heavy atom. The summed E-state index contributed by atoms with van der Waals surface area (Å²) in [5, 5.41) is 1.07. The van der Waals surface area contributed by atoms with Gasteiger partial charge in [-0.15, -0.1) is 0 Å². The SMILES string of the molecule is O=S([O-])C=CI. The Morgan fingerprint density at radius 3 is 2.33 bits per heavy atom. The Morgan fingerprint density at radius 2 is 2.33 bits per heavy atom. The topological polar surface area (TPSA) is 40.1 Å². The van der Waals surface area contributed by atoms with Crippen LogP contribution in [0.5, 0.6) is 0 Å². The monoisotopic (exact) mass is 217 g/mol. The zero-order chi connectivity index (χ0) is 4.99. The molecule has 0 rings (SSSR count). The van der Waals surface area contributed by atoms with Gasteiger partial charge in [-0.25, -0.2) is 0 Å². The van der Waals surface area contributed by atoms with Crippen molar-refractivity contribution in [3.05, 3.63) is 9.49 Å². The summed E-state index contributed by atoms with van der Waals surface area (Å²) in [7, 11) is 0. The Hall–Kier alpha value is 0.580. The van der Waals surface area contributed by atoms with E-state index in [1.54, 1.807) is 0 Å². The summed E-state index contributed by atoms with van der Waals surface area (Å²) in [6.07, 6.45) is 0. The first kappa shape index (κ1) is 6.58. The first-order valence-electron chi connectivity index (χ1n) is 1.12. The third kappa shape index (κ3) is 4.58. The molecule has 0 N–H and O–H groups in total. The molecule has 0 aliphatic carbocycles. The van der Waals surface area contributed by atoms with Gasteiger partial charge in [0.2, 0.25) is 0 Å². The van der Waals surface area contributed by atoms with Gasteiger partial charge in [0.1, 0.15) is 0 Å². The Balaban J connectivity index is 3.30. The molecule has 0 radical (unpaired) electrons. The van der Waals surface area contributed by atoms with Gasteiger partial charge in [0.25, 0.3) is 0 Å². The molecule has 0 aliphatic rings. The van der Waals surface area contributed by atoms with Gasteiger partial charge in [0.05, 0.1) is 0 Å². The van der Waals surface area contributed by atoms with Crippen molar-refractivity contribution >= 4 is 33.7 Å². The van der Waals surface area contributed by atoms with Gasteiger partial charge in [0, 0.05) is 0 Å². The van der Waals surface area contributed by atoms with Crippen LogP contribution in [0, 0.1) is 0 Å². The molecular weight excluding hydrogens is 215 g/mol. The molecule has 0 spiro atoms. The van der Waals surface area contributed by atoms with E-state index >= 15 is 0 Å². The minimum Gasteiger partial charge on any atom is -0.769 e. The third-order valence-electron chi connectivity index (χ3n) is 0.163. The number of rotatable bonds is 1. The van der Waals surface area contributed by atoms with Gasteiger partial charge >= 0.3 is 0 Å². The summed E-state index contributed by atoms with van der Waals surface area (Å²) in [6, 6.07) is 0. The zero-order valence-corrected chi connectivity index (χ0v) is 5.73. The molecule has 2 nitrogen and oxygen atoms in total. The molecule has 6 heavy (non-hydrogen) atoms. The van der Waals surface area contributed by atoms with E-state index < -0.39 is 11.1 Å². The normalized spacial score (nSPS) is 15.7. The molecule has 0 aromatic rings. The summed E-state index contributed by atoms with van der Waals surface area (Å²) < 4.78 is 20.4. The molecule has 0 bridgehead atoms. The number of hydrogen-bond acceptors (Lipinski definition) is 2. The molecule has 0 aliphatic heterocycles. The van der Waals surface area contributed by atoms with Gasteiger partial charge in [0.15, 0.2) is 0 Å². The van der Waals surface area contributed by atoms with Crippen LogP contribution < -0.4 is 0 Å². The predicted molar refractivity (Wildman–Crippen MR) is 32.1 cm³/mol. The van der Waals surface area contributed by atoms with E-state index in [0.717, 1.165) is 5.41 Å². The van der Waals surface area contributed by atoms with Gasteiger partial charge in [-0.05, 0) is 20.6 Å². The largest absolute Gasteiger partial charge is 0.769 e. The number of hydrogen-bond donors (Lipinski definition) is 0. The predicted octanol–water partition coefficient (Wildman–Crippen LogP) is 0.772. The molecular formula is C2H2IO2S-. The molecule has 36 valence electrons. The fourth-order valence-electron chi connectivity index (χ4n) is 0.0420. The molecule has 0 heterocycles. The second kappa shape index (κ2) is 3.76. The first-order valence-corrected chi connectivity index (χ1v) is 3.50. The van der Waals surface area contributed by atoms with Crippen molar-refractivity contribution in [2.75, 3.05) is 0 Å². The Bertz CT molecular complexity index is 79.6. The minimum atomic E-state index is -2.00. The molecule has 0 fully saturated rings. The molecule has 1 atom stereocenters. The van der Waals surface area contributed by atoms with Gasteiger partial charge in [-0.3, -0.25) is 4.21 Å². The lowest BCUT2D eigenvalue weighted by Crippen LogP contribution is -1.73. The fourth-order valence-corrected chi connectivity index (χ4v) is 0.845. The fraction of sp³-hybridized carbons (Fsp3) is 0. The quantitative estimate of drug-likeness (QED) is 0.480. The van der Waals surface area contributed by atoms with Crippen LogP contribution in [0.4, 0.5) is 0 Å². The van der Waals surface area contributed by atoms with Gasteiger partial charge in [-0.2, -0.15) is 0 Å². The smallest absolute Gasteiger partial charge is 0.00545 e. The lowest BCUT2D eigenvalue weighted by molar-refractivity contribution is 0.546. The van der Waals surface area contributed by atoms with Crippen LogP contribution in [0.1, 0.15) is 0 Å². The van der Waals surface area contributed by atoms with Crippen molar-refractivity contribution in [1.29, 1.82) is 0 Å². The maximum Gasteiger partial charge on any atom is -0.00545 e. The lowest BCUT2D eigenvalue weighted by atomic mass is 11.3. The van der Waals surface area contributed by atoms with Crippen molar-refractivity contribution in [2.24, 2.45) is 0 Å². The summed E-state index contributed by atoms with van der Waals surface area (Å²) in [4.78, 5) is 0. The maximum absolute atomic E-state index is 9.51. The van der Waals surface area contributed by atoms with Crippen molar-refractivity contribution in [3.63, 3.8) is 0 Å². The van der Waals surface area contributed by atoms with Crippen molar-refractivity contribution in [3.8, 4) is 0 Å². The first-order chi connectivity index (χ1) is 2.77. The van der Waals surface area contributed by atoms with Crippen molar-refractivity contribution < 1.29 is 8.76 Å². The highest BCUT2D eigenvalue weighted by molar-refractivity contribution is 14.1. The average molecular weight is 217 g/mol. The maximum atomic E-state index is 9.51. The molecule has 0 aromatic carbocycles. The molecule has 0 saturated heterocycles. The van der Waals surface area contributed by atoms with Crippen LogP contribution in [-0.2, 0) is 11.1 Å². The van der Waals surface area contributed by atoms with E-state index in [1.165, 1.54) is 4.08 Å². The highest BCUT2D eigenvalue weighted by Gasteiger charge is 1.59. The van der Waals surface area contributed by atoms with E-state index in [1.807, 2.05) is 22.6 Å². The van der Waals surface area contributed by atoms with Crippen molar-refractivity contribution in [1.82, 2.24) is 0 Å². The van der Waals surface area contributed by atoms with E-state index in [0.29, 0.717) is 0 Å². The second-order valence-corrected chi connectivity index (χ2v) is 2.03. The molecule has 0 amide bonds. The third-order valence-corrected chi connectivity index (χ3v) is 1.37. The second-order valence-electron chi connectivity index (χ2n) is 0.523. The summed E-state index contributed by atoms with van der Waals surface area (Å²) >= 11 is -0.175. The number of halogens is 1. The highest BCUT2D eigenvalue weighted by Crippen LogP contribution is 1.84. The van der Waals surface area contributed by atoms with Crippen LogP contribution in [0.2, 0.25) is 0 Å². The van der Waals surface area contributed by atoms with Gasteiger partial charge in [-0.1, -0.05) is 22.6 Å². The van der Waals surface area contributed by atoms with Crippen LogP contribution in [-0.4, -0.2) is 8.76 Å². The van der Waals surface area contributed by atoms with Crippen LogP contribution in [0.15, 0.2) is 9.49 Å². The summed E-state index contributed by atoms with van der Waals surface area (Å²) in [5.41, 5.74) is 0. The van der Waals surface area contributed by atoms with E-state index in [4.69, 9.17) is 0 Å². The minimum absolute atomic E-state index is 1.07. The molecule has 0 aromatic heterocycles. The van der Waals surface area contributed by atoms with Crippen molar-refractivity contribution in [2.45, 2.75) is 0 Å². The lowest BCUT2D eigenvalue weighted by Gasteiger charge is -1.89. The molecule has 0 saturated carbocycles. The van der Waals surface area contributed by atoms with Crippen LogP contribution in [0.25, 0.3) is 0 Å². The highest BCUT2D eigenvalue weighted by atomic mass is 127. The van der Waals surface area contributed by atoms with Gasteiger partial charge < -0.3 is 4.55 Å². The zero-order valence-electron chi connectivity index (χ0n) is 2.76. The van der Waals surface area contributed by atoms with E-state index in [2.05, 4.69) is 0 Å². The van der Waals surface area contributed by atoms with Crippen LogP contribution >= 0.6 is 22.6 Å². The van der Waals surface area contributed by atoms with E-state index in [-0.39, 0.29) is 0 Å². The summed E-state index contributed by atoms with van der Waals surface area (Å²) in [6.45, 7) is 0. The molecule has 1 unspecified atom stereocenters. The standard InChI is InChI=1S/C2H3IO2S/c3-1-2-6(4)5/h1-2H,(H,4,5)/p-1. The van der Waals surface area contributed by atoms with E-state index in [9.17, 15) is 8.76 Å². The Labute approximate surface area is 52.1 Å². The van der Waals surface area contributed by atoms with Crippen LogP contribution in [0.3, 0.4) is 0 Å². The molecule has 4 heteroatoms. The Kier molecular flexibility index (Phi) is 4.12. The summed E-state index contributed by atoms with van der Waals surface area (Å²) in [5.74, 6) is 0.